The molecule has 0 radical (unpaired) electrons. The van der Waals surface area contributed by atoms with E-state index in [-0.39, 0.29) is 5.82 Å². The number of anilines is 1. The van der Waals surface area contributed by atoms with Crippen LogP contribution in [0.1, 0.15) is 5.69 Å². The highest BCUT2D eigenvalue weighted by atomic mass is 19.1. The van der Waals surface area contributed by atoms with Gasteiger partial charge in [-0.25, -0.2) is 9.02 Å². The summed E-state index contributed by atoms with van der Waals surface area (Å²) in [4.78, 5) is 0. The van der Waals surface area contributed by atoms with Gasteiger partial charge in [-0.15, -0.1) is 0 Å². The van der Waals surface area contributed by atoms with E-state index in [9.17, 15) is 4.39 Å². The van der Waals surface area contributed by atoms with E-state index in [1.807, 2.05) is 0 Å². The molecule has 1 heterocycles. The fourth-order valence-corrected chi connectivity index (χ4v) is 1.21. The minimum absolute atomic E-state index is 0.205. The second-order valence-corrected chi connectivity index (χ2v) is 3.22. The zero-order valence-corrected chi connectivity index (χ0v) is 8.20. The van der Waals surface area contributed by atoms with Crippen molar-refractivity contribution in [1.29, 1.82) is 0 Å². The van der Waals surface area contributed by atoms with Gasteiger partial charge in [-0.05, 0) is 18.2 Å². The van der Waals surface area contributed by atoms with Gasteiger partial charge in [0.05, 0.1) is 12.7 Å². The summed E-state index contributed by atoms with van der Waals surface area (Å²) < 4.78 is 17.4. The van der Waals surface area contributed by atoms with E-state index in [1.165, 1.54) is 12.3 Å². The highest BCUT2D eigenvalue weighted by Crippen LogP contribution is 2.07. The average Bonchev–Trinajstić information content (AvgIpc) is 2.73. The molecule has 0 aliphatic rings. The lowest BCUT2D eigenvalue weighted by molar-refractivity contribution is 0.303. The van der Waals surface area contributed by atoms with Crippen molar-refractivity contribution in [2.75, 3.05) is 5.32 Å². The summed E-state index contributed by atoms with van der Waals surface area (Å²) >= 11 is 0. The van der Waals surface area contributed by atoms with Crippen LogP contribution in [0.15, 0.2) is 29.0 Å². The number of benzene rings is 1. The van der Waals surface area contributed by atoms with Crippen molar-refractivity contribution in [2.45, 2.75) is 6.54 Å². The van der Waals surface area contributed by atoms with Gasteiger partial charge >= 0.3 is 0 Å². The van der Waals surface area contributed by atoms with E-state index in [1.54, 1.807) is 20.0 Å². The van der Waals surface area contributed by atoms with E-state index < -0.39 is 0 Å². The second kappa shape index (κ2) is 4.12. The van der Waals surface area contributed by atoms with Crippen LogP contribution in [0.25, 0.3) is 0 Å². The molecule has 1 aromatic heterocycles. The van der Waals surface area contributed by atoms with Crippen LogP contribution >= 0.6 is 0 Å². The Bertz CT molecular complexity index is 447. The van der Waals surface area contributed by atoms with Gasteiger partial charge in [-0.2, -0.15) is 0 Å². The van der Waals surface area contributed by atoms with Crippen LogP contribution in [0.4, 0.5) is 10.1 Å². The van der Waals surface area contributed by atoms with Crippen molar-refractivity contribution in [3.8, 4) is 0 Å². The highest BCUT2D eigenvalue weighted by molar-refractivity contribution is 6.32. The Labute approximate surface area is 86.9 Å². The number of halogens is 1. The number of hydrogen-bond donors (Lipinski definition) is 1. The lowest BCUT2D eigenvalue weighted by atomic mass is 9.95. The number of nitrogens with one attached hydrogen (secondary N) is 1. The Balaban J connectivity index is 2.02. The van der Waals surface area contributed by atoms with Crippen LogP contribution < -0.4 is 10.8 Å². The molecule has 0 spiro atoms. The van der Waals surface area contributed by atoms with E-state index >= 15 is 0 Å². The lowest BCUT2D eigenvalue weighted by Crippen LogP contribution is -2.10. The smallest absolute Gasteiger partial charge is 0.143 e. The Morgan fingerprint density at radius 3 is 3.00 bits per heavy atom. The summed E-state index contributed by atoms with van der Waals surface area (Å²) in [6, 6.07) is 4.84. The van der Waals surface area contributed by atoms with Crippen molar-refractivity contribution in [2.24, 2.45) is 0 Å². The van der Waals surface area contributed by atoms with Gasteiger partial charge in [0, 0.05) is 5.69 Å². The zero-order chi connectivity index (χ0) is 10.7. The van der Waals surface area contributed by atoms with Crippen molar-refractivity contribution in [1.82, 2.24) is 10.3 Å². The third-order valence-electron chi connectivity index (χ3n) is 2.04. The molecule has 0 saturated heterocycles. The molecule has 0 bridgehead atoms. The van der Waals surface area contributed by atoms with Crippen molar-refractivity contribution >= 4 is 19.0 Å². The van der Waals surface area contributed by atoms with Crippen molar-refractivity contribution in [3.63, 3.8) is 0 Å². The summed E-state index contributed by atoms with van der Waals surface area (Å²) in [6.07, 6.45) is 1.53. The van der Waals surface area contributed by atoms with Gasteiger partial charge < -0.3 is 5.32 Å². The van der Waals surface area contributed by atoms with E-state index in [2.05, 4.69) is 20.3 Å². The lowest BCUT2D eigenvalue weighted by Gasteiger charge is -2.05. The van der Waals surface area contributed by atoms with Gasteiger partial charge in [-0.3, -0.25) is 0 Å². The SMILES string of the molecule is Bc1cc(NCc2cnon2)ccc1F. The Morgan fingerprint density at radius 1 is 1.47 bits per heavy atom. The van der Waals surface area contributed by atoms with Crippen LogP contribution in [0.2, 0.25) is 0 Å². The molecule has 76 valence electrons. The Kier molecular flexibility index (Phi) is 2.67. The summed E-state index contributed by atoms with van der Waals surface area (Å²) in [7, 11) is 1.72. The molecule has 2 aromatic rings. The van der Waals surface area contributed by atoms with Crippen molar-refractivity contribution < 1.29 is 9.02 Å². The van der Waals surface area contributed by atoms with Crippen LogP contribution in [0.5, 0.6) is 0 Å². The first kappa shape index (κ1) is 9.70. The molecule has 0 unspecified atom stereocenters. The van der Waals surface area contributed by atoms with Gasteiger partial charge in [0.2, 0.25) is 0 Å². The third-order valence-corrected chi connectivity index (χ3v) is 2.04. The minimum atomic E-state index is -0.205. The molecule has 0 atom stereocenters. The Hall–Kier alpha value is -1.85. The predicted octanol–water partition coefficient (Wildman–Crippen LogP) is 0.0792. The number of rotatable bonds is 3. The molecule has 6 heteroatoms. The average molecular weight is 205 g/mol. The molecule has 0 aliphatic heterocycles. The standard InChI is InChI=1S/C9H9BFN3O/c10-8-3-6(1-2-9(8)11)12-4-7-5-13-15-14-7/h1-3,5,12H,4,10H2. The molecule has 15 heavy (non-hydrogen) atoms. The molecular weight excluding hydrogens is 196 g/mol. The molecule has 1 N–H and O–H groups in total. The van der Waals surface area contributed by atoms with Gasteiger partial charge in [0.25, 0.3) is 0 Å². The minimum Gasteiger partial charge on any atom is -0.379 e. The highest BCUT2D eigenvalue weighted by Gasteiger charge is 2.00. The van der Waals surface area contributed by atoms with Crippen LogP contribution in [-0.2, 0) is 6.54 Å². The van der Waals surface area contributed by atoms with Gasteiger partial charge in [-0.1, -0.05) is 15.8 Å². The first-order chi connectivity index (χ1) is 7.25. The number of hydrogen-bond acceptors (Lipinski definition) is 4. The molecule has 0 fully saturated rings. The zero-order valence-electron chi connectivity index (χ0n) is 8.20. The van der Waals surface area contributed by atoms with Gasteiger partial charge in [0.1, 0.15) is 19.4 Å². The second-order valence-electron chi connectivity index (χ2n) is 3.22. The van der Waals surface area contributed by atoms with E-state index in [0.717, 1.165) is 5.69 Å². The molecule has 0 saturated carbocycles. The first-order valence-corrected chi connectivity index (χ1v) is 4.52. The topological polar surface area (TPSA) is 51.0 Å². The maximum atomic E-state index is 12.9. The molecule has 4 nitrogen and oxygen atoms in total. The third kappa shape index (κ3) is 2.34. The summed E-state index contributed by atoms with van der Waals surface area (Å²) in [6.45, 7) is 0.509. The molecule has 1 aromatic carbocycles. The fraction of sp³-hybridized carbons (Fsp3) is 0.111. The predicted molar refractivity (Wildman–Crippen MR) is 56.2 cm³/mol. The summed E-state index contributed by atoms with van der Waals surface area (Å²) in [5, 5.41) is 10.2. The number of aromatic nitrogens is 2. The molecular formula is C9H9BFN3O. The quantitative estimate of drug-likeness (QED) is 0.721. The monoisotopic (exact) mass is 205 g/mol. The van der Waals surface area contributed by atoms with E-state index in [4.69, 9.17) is 0 Å². The van der Waals surface area contributed by atoms with Crippen molar-refractivity contribution in [3.05, 3.63) is 35.9 Å². The largest absolute Gasteiger partial charge is 0.379 e. The van der Waals surface area contributed by atoms with Crippen LogP contribution in [0, 0.1) is 5.82 Å². The van der Waals surface area contributed by atoms with Crippen LogP contribution in [-0.4, -0.2) is 18.2 Å². The normalized spacial score (nSPS) is 10.2. The van der Waals surface area contributed by atoms with Gasteiger partial charge in [0.15, 0.2) is 0 Å². The molecule has 2 rings (SSSR count). The Morgan fingerprint density at radius 2 is 2.33 bits per heavy atom. The first-order valence-electron chi connectivity index (χ1n) is 4.52. The number of nitrogens with zero attached hydrogens (tertiary/aromatic N) is 2. The van der Waals surface area contributed by atoms with E-state index in [0.29, 0.717) is 17.7 Å². The molecule has 0 aliphatic carbocycles. The maximum absolute atomic E-state index is 12.9. The molecule has 0 amide bonds. The van der Waals surface area contributed by atoms with Crippen LogP contribution in [0.3, 0.4) is 0 Å². The summed E-state index contributed by atoms with van der Waals surface area (Å²) in [5.41, 5.74) is 2.16. The maximum Gasteiger partial charge on any atom is 0.143 e. The fourth-order valence-electron chi connectivity index (χ4n) is 1.21. The summed E-state index contributed by atoms with van der Waals surface area (Å²) in [5.74, 6) is -0.205.